The highest BCUT2D eigenvalue weighted by atomic mass is 16.5. The van der Waals surface area contributed by atoms with Crippen molar-refractivity contribution in [3.63, 3.8) is 0 Å². The average Bonchev–Trinajstić information content (AvgIpc) is 3.18. The van der Waals surface area contributed by atoms with Gasteiger partial charge in [-0.05, 0) is 24.6 Å². The van der Waals surface area contributed by atoms with Crippen molar-refractivity contribution in [3.8, 4) is 11.5 Å². The summed E-state index contributed by atoms with van der Waals surface area (Å²) >= 11 is 0. The van der Waals surface area contributed by atoms with E-state index in [2.05, 4.69) is 0 Å². The molecule has 2 atom stereocenters. The molecular formula is C23H25NO6. The number of likely N-dealkylation sites (tertiary alicyclic amines) is 1. The molecule has 0 unspecified atom stereocenters. The van der Waals surface area contributed by atoms with E-state index in [9.17, 15) is 14.4 Å². The molecule has 158 valence electrons. The van der Waals surface area contributed by atoms with E-state index in [1.807, 2.05) is 37.3 Å². The van der Waals surface area contributed by atoms with E-state index in [1.54, 1.807) is 23.1 Å². The molecule has 2 aromatic carbocycles. The molecule has 0 spiro atoms. The molecule has 0 aromatic heterocycles. The topological polar surface area (TPSA) is 82.1 Å². The van der Waals surface area contributed by atoms with Gasteiger partial charge in [0.25, 0.3) is 0 Å². The number of hydrogen-bond donors (Lipinski definition) is 0. The zero-order valence-electron chi connectivity index (χ0n) is 17.3. The number of hydrogen-bond acceptors (Lipinski definition) is 6. The number of amides is 1. The number of nitrogens with zero attached hydrogens (tertiary/aromatic N) is 1. The van der Waals surface area contributed by atoms with Crippen molar-refractivity contribution >= 4 is 17.7 Å². The number of rotatable bonds is 8. The van der Waals surface area contributed by atoms with Gasteiger partial charge in [0, 0.05) is 19.0 Å². The lowest BCUT2D eigenvalue weighted by Crippen LogP contribution is -2.30. The van der Waals surface area contributed by atoms with E-state index in [1.165, 1.54) is 14.2 Å². The van der Waals surface area contributed by atoms with Gasteiger partial charge in [-0.15, -0.1) is 0 Å². The Morgan fingerprint density at radius 1 is 1.10 bits per heavy atom. The second kappa shape index (κ2) is 9.43. The minimum Gasteiger partial charge on any atom is -0.497 e. The van der Waals surface area contributed by atoms with Gasteiger partial charge in [0.2, 0.25) is 11.7 Å². The Morgan fingerprint density at radius 2 is 1.83 bits per heavy atom. The van der Waals surface area contributed by atoms with Crippen molar-refractivity contribution in [1.82, 2.24) is 4.90 Å². The number of methoxy groups -OCH3 is 2. The van der Waals surface area contributed by atoms with Crippen LogP contribution in [0, 0.1) is 5.92 Å². The highest BCUT2D eigenvalue weighted by Crippen LogP contribution is 2.29. The number of esters is 1. The van der Waals surface area contributed by atoms with Gasteiger partial charge in [-0.3, -0.25) is 14.4 Å². The summed E-state index contributed by atoms with van der Waals surface area (Å²) < 4.78 is 15.6. The summed E-state index contributed by atoms with van der Waals surface area (Å²) in [6.07, 6.45) is 0.0794. The van der Waals surface area contributed by atoms with Gasteiger partial charge in [-0.1, -0.05) is 30.3 Å². The van der Waals surface area contributed by atoms with Crippen molar-refractivity contribution in [2.45, 2.75) is 19.4 Å². The first-order valence-electron chi connectivity index (χ1n) is 9.70. The van der Waals surface area contributed by atoms with Crippen LogP contribution in [-0.4, -0.2) is 49.9 Å². The predicted octanol–water partition coefficient (Wildman–Crippen LogP) is 3.04. The van der Waals surface area contributed by atoms with Gasteiger partial charge in [-0.2, -0.15) is 0 Å². The van der Waals surface area contributed by atoms with Gasteiger partial charge in [0.15, 0.2) is 6.61 Å². The molecular weight excluding hydrogens is 386 g/mol. The van der Waals surface area contributed by atoms with Crippen LogP contribution in [0.25, 0.3) is 0 Å². The van der Waals surface area contributed by atoms with Gasteiger partial charge in [0.05, 0.1) is 31.7 Å². The molecule has 7 heteroatoms. The van der Waals surface area contributed by atoms with Crippen molar-refractivity contribution < 1.29 is 28.6 Å². The Hall–Kier alpha value is -3.35. The summed E-state index contributed by atoms with van der Waals surface area (Å²) in [6.45, 7) is 1.79. The predicted molar refractivity (Wildman–Crippen MR) is 110 cm³/mol. The lowest BCUT2D eigenvalue weighted by molar-refractivity contribution is -0.147. The molecule has 0 saturated carbocycles. The quantitative estimate of drug-likeness (QED) is 0.491. The van der Waals surface area contributed by atoms with Crippen LogP contribution >= 0.6 is 0 Å². The SMILES string of the molecule is COc1ccc(C(=O)COC(=O)[C@@H]2CC(=O)N([C@H](C)c3ccccc3)C2)c(OC)c1. The molecule has 1 amide bonds. The number of benzene rings is 2. The standard InChI is InChI=1S/C23H25NO6/c1-15(16-7-5-4-6-8-16)24-13-17(11-22(24)26)23(27)30-14-20(25)19-10-9-18(28-2)12-21(19)29-3/h4-10,12,15,17H,11,13-14H2,1-3H3/t15-,17-/m1/s1. The van der Waals surface area contributed by atoms with Crippen LogP contribution in [0.15, 0.2) is 48.5 Å². The summed E-state index contributed by atoms with van der Waals surface area (Å²) in [4.78, 5) is 39.1. The number of carbonyl (C=O) groups is 3. The minimum absolute atomic E-state index is 0.0794. The Morgan fingerprint density at radius 3 is 2.50 bits per heavy atom. The van der Waals surface area contributed by atoms with E-state index >= 15 is 0 Å². The van der Waals surface area contributed by atoms with Crippen LogP contribution in [0.3, 0.4) is 0 Å². The van der Waals surface area contributed by atoms with E-state index < -0.39 is 18.5 Å². The van der Waals surface area contributed by atoms with Crippen molar-refractivity contribution in [2.75, 3.05) is 27.4 Å². The molecule has 1 aliphatic heterocycles. The molecule has 1 aliphatic rings. The smallest absolute Gasteiger partial charge is 0.311 e. The van der Waals surface area contributed by atoms with E-state index in [4.69, 9.17) is 14.2 Å². The Bertz CT molecular complexity index is 927. The fourth-order valence-electron chi connectivity index (χ4n) is 3.54. The van der Waals surface area contributed by atoms with Gasteiger partial charge >= 0.3 is 5.97 Å². The van der Waals surface area contributed by atoms with Crippen molar-refractivity contribution in [1.29, 1.82) is 0 Å². The maximum absolute atomic E-state index is 12.5. The van der Waals surface area contributed by atoms with Crippen molar-refractivity contribution in [2.24, 2.45) is 5.92 Å². The zero-order valence-corrected chi connectivity index (χ0v) is 17.3. The third kappa shape index (κ3) is 4.62. The summed E-state index contributed by atoms with van der Waals surface area (Å²) in [7, 11) is 2.97. The second-order valence-electron chi connectivity index (χ2n) is 7.13. The average molecular weight is 411 g/mol. The van der Waals surface area contributed by atoms with E-state index in [-0.39, 0.29) is 30.7 Å². The molecule has 2 aromatic rings. The van der Waals surface area contributed by atoms with Crippen LogP contribution in [0.5, 0.6) is 11.5 Å². The first kappa shape index (κ1) is 21.4. The molecule has 0 radical (unpaired) electrons. The number of carbonyl (C=O) groups excluding carboxylic acids is 3. The first-order chi connectivity index (χ1) is 14.4. The Kier molecular flexibility index (Phi) is 6.72. The normalized spacial score (nSPS) is 16.8. The summed E-state index contributed by atoms with van der Waals surface area (Å²) in [5.74, 6) is -0.730. The molecule has 1 fully saturated rings. The molecule has 0 N–H and O–H groups in total. The lowest BCUT2D eigenvalue weighted by atomic mass is 10.1. The maximum Gasteiger partial charge on any atom is 0.311 e. The van der Waals surface area contributed by atoms with Crippen LogP contribution in [0.2, 0.25) is 0 Å². The maximum atomic E-state index is 12.5. The lowest BCUT2D eigenvalue weighted by Gasteiger charge is -2.25. The Labute approximate surface area is 175 Å². The first-order valence-corrected chi connectivity index (χ1v) is 9.70. The minimum atomic E-state index is -0.589. The third-order valence-electron chi connectivity index (χ3n) is 5.30. The van der Waals surface area contributed by atoms with E-state index in [0.717, 1.165) is 5.56 Å². The molecule has 30 heavy (non-hydrogen) atoms. The number of ether oxygens (including phenoxy) is 3. The fourth-order valence-corrected chi connectivity index (χ4v) is 3.54. The monoisotopic (exact) mass is 411 g/mol. The van der Waals surface area contributed by atoms with Gasteiger partial charge < -0.3 is 19.1 Å². The van der Waals surface area contributed by atoms with Crippen LogP contribution < -0.4 is 9.47 Å². The fraction of sp³-hybridized carbons (Fsp3) is 0.348. The Balaban J connectivity index is 1.59. The molecule has 1 saturated heterocycles. The zero-order chi connectivity index (χ0) is 21.7. The number of Topliss-reactive ketones (excluding diaryl/α,β-unsaturated/α-hetero) is 1. The van der Waals surface area contributed by atoms with Crippen LogP contribution in [0.1, 0.15) is 35.3 Å². The summed E-state index contributed by atoms with van der Waals surface area (Å²) in [5.41, 5.74) is 1.30. The molecule has 0 bridgehead atoms. The molecule has 7 nitrogen and oxygen atoms in total. The molecule has 0 aliphatic carbocycles. The second-order valence-corrected chi connectivity index (χ2v) is 7.13. The largest absolute Gasteiger partial charge is 0.497 e. The van der Waals surface area contributed by atoms with Crippen LogP contribution in [0.4, 0.5) is 0 Å². The number of ketones is 1. The highest BCUT2D eigenvalue weighted by molar-refractivity contribution is 6.00. The van der Waals surface area contributed by atoms with E-state index in [0.29, 0.717) is 17.1 Å². The highest BCUT2D eigenvalue weighted by Gasteiger charge is 2.38. The summed E-state index contributed by atoms with van der Waals surface area (Å²) in [5, 5.41) is 0. The van der Waals surface area contributed by atoms with Crippen molar-refractivity contribution in [3.05, 3.63) is 59.7 Å². The van der Waals surface area contributed by atoms with Gasteiger partial charge in [0.1, 0.15) is 11.5 Å². The summed E-state index contributed by atoms with van der Waals surface area (Å²) in [6, 6.07) is 14.3. The molecule has 3 rings (SSSR count). The van der Waals surface area contributed by atoms with Gasteiger partial charge in [-0.25, -0.2) is 0 Å². The third-order valence-corrected chi connectivity index (χ3v) is 5.30. The molecule has 1 heterocycles. The van der Waals surface area contributed by atoms with Crippen LogP contribution in [-0.2, 0) is 14.3 Å².